The molecule has 25 heavy (non-hydrogen) atoms. The van der Waals surface area contributed by atoms with Crippen LogP contribution in [0.1, 0.15) is 23.8 Å². The number of nitrogens with zero attached hydrogens (tertiary/aromatic N) is 1. The lowest BCUT2D eigenvalue weighted by atomic mass is 9.88. The van der Waals surface area contributed by atoms with Gasteiger partial charge in [0.15, 0.2) is 0 Å². The Morgan fingerprint density at radius 3 is 2.52 bits per heavy atom. The molecule has 3 aromatic rings. The molecule has 0 bridgehead atoms. The Hall–Kier alpha value is -2.12. The molecule has 130 valence electrons. The van der Waals surface area contributed by atoms with Gasteiger partial charge < -0.3 is 9.67 Å². The van der Waals surface area contributed by atoms with Crippen LogP contribution in [-0.4, -0.2) is 15.6 Å². The lowest BCUT2D eigenvalue weighted by molar-refractivity contribution is -0.121. The van der Waals surface area contributed by atoms with Gasteiger partial charge in [0.05, 0.1) is 5.69 Å². The smallest absolute Gasteiger partial charge is 0.278 e. The van der Waals surface area contributed by atoms with Crippen LogP contribution >= 0.6 is 11.3 Å². The molecule has 4 rings (SSSR count). The number of hydrogen-bond donors (Lipinski definition) is 1. The van der Waals surface area contributed by atoms with E-state index >= 15 is 0 Å². The third kappa shape index (κ3) is 2.67. The summed E-state index contributed by atoms with van der Waals surface area (Å²) < 4.78 is 56.8. The third-order valence-corrected chi connectivity index (χ3v) is 5.33. The zero-order chi connectivity index (χ0) is 17.8. The molecule has 1 unspecified atom stereocenters. The summed E-state index contributed by atoms with van der Waals surface area (Å²) in [6.07, 6.45) is -0.904. The number of halogens is 4. The van der Waals surface area contributed by atoms with Crippen LogP contribution in [0.5, 0.6) is 0 Å². The van der Waals surface area contributed by atoms with Gasteiger partial charge in [-0.05, 0) is 30.0 Å². The highest BCUT2D eigenvalue weighted by atomic mass is 32.1. The van der Waals surface area contributed by atoms with Crippen molar-refractivity contribution in [3.8, 4) is 16.1 Å². The second-order valence-corrected chi connectivity index (χ2v) is 6.99. The van der Waals surface area contributed by atoms with Gasteiger partial charge in [0, 0.05) is 40.4 Å². The van der Waals surface area contributed by atoms with Crippen LogP contribution < -0.4 is 0 Å². The molecule has 2 nitrogen and oxygen atoms in total. The Labute approximate surface area is 145 Å². The van der Waals surface area contributed by atoms with E-state index in [9.17, 15) is 22.7 Å². The van der Waals surface area contributed by atoms with Crippen molar-refractivity contribution in [3.05, 3.63) is 64.8 Å². The van der Waals surface area contributed by atoms with Crippen molar-refractivity contribution in [3.63, 3.8) is 0 Å². The van der Waals surface area contributed by atoms with E-state index in [1.807, 2.05) is 0 Å². The second kappa shape index (κ2) is 5.71. The fraction of sp³-hybridized carbons (Fsp3) is 0.222. The minimum Gasteiger partial charge on any atom is -0.382 e. The summed E-state index contributed by atoms with van der Waals surface area (Å²) in [6, 6.07) is 6.57. The van der Waals surface area contributed by atoms with Crippen LogP contribution in [0.15, 0.2) is 41.9 Å². The molecular formula is C18H13F4NOS. The van der Waals surface area contributed by atoms with Crippen molar-refractivity contribution in [2.45, 2.75) is 24.9 Å². The van der Waals surface area contributed by atoms with Gasteiger partial charge in [0.1, 0.15) is 17.7 Å². The van der Waals surface area contributed by atoms with E-state index in [1.54, 1.807) is 23.7 Å². The molecule has 2 heterocycles. The summed E-state index contributed by atoms with van der Waals surface area (Å²) in [7, 11) is 0. The van der Waals surface area contributed by atoms with Gasteiger partial charge in [-0.3, -0.25) is 0 Å². The van der Waals surface area contributed by atoms with Gasteiger partial charge in [0.2, 0.25) is 0 Å². The lowest BCUT2D eigenvalue weighted by Crippen LogP contribution is -2.32. The highest BCUT2D eigenvalue weighted by Crippen LogP contribution is 2.47. The molecule has 7 heteroatoms. The predicted molar refractivity (Wildman–Crippen MR) is 87.2 cm³/mol. The Bertz CT molecular complexity index is 913. The topological polar surface area (TPSA) is 25.2 Å². The molecule has 1 atom stereocenters. The van der Waals surface area contributed by atoms with Crippen LogP contribution in [0.2, 0.25) is 0 Å². The maximum Gasteiger partial charge on any atom is 0.278 e. The molecule has 0 amide bonds. The van der Waals surface area contributed by atoms with Crippen LogP contribution in [0.3, 0.4) is 0 Å². The summed E-state index contributed by atoms with van der Waals surface area (Å²) >= 11 is 1.35. The van der Waals surface area contributed by atoms with E-state index < -0.39 is 30.1 Å². The van der Waals surface area contributed by atoms with Crippen molar-refractivity contribution in [2.75, 3.05) is 0 Å². The van der Waals surface area contributed by atoms with Gasteiger partial charge in [0.25, 0.3) is 5.92 Å². The van der Waals surface area contributed by atoms with Crippen molar-refractivity contribution in [1.82, 2.24) is 4.57 Å². The van der Waals surface area contributed by atoms with Crippen LogP contribution in [-0.2, 0) is 6.42 Å². The van der Waals surface area contributed by atoms with Gasteiger partial charge in [-0.1, -0.05) is 6.07 Å². The summed E-state index contributed by atoms with van der Waals surface area (Å²) in [5, 5.41) is 12.0. The first-order chi connectivity index (χ1) is 11.9. The molecule has 1 aromatic carbocycles. The average Bonchev–Trinajstić information content (AvgIpc) is 3.17. The van der Waals surface area contributed by atoms with Crippen LogP contribution in [0.25, 0.3) is 16.1 Å². The Balaban J connectivity index is 1.97. The van der Waals surface area contributed by atoms with Crippen LogP contribution in [0, 0.1) is 11.6 Å². The highest BCUT2D eigenvalue weighted by molar-refractivity contribution is 7.13. The fourth-order valence-corrected chi connectivity index (χ4v) is 4.04. The number of aliphatic hydroxyl groups is 1. The molecule has 0 saturated heterocycles. The molecule has 0 aliphatic heterocycles. The number of thiophene rings is 1. The van der Waals surface area contributed by atoms with Crippen molar-refractivity contribution in [2.24, 2.45) is 0 Å². The van der Waals surface area contributed by atoms with Gasteiger partial charge >= 0.3 is 0 Å². The standard InChI is InChI=1S/C18H13F4NOS/c19-10-6-11(20)8-12(7-10)23-9-13(15-2-1-5-25-15)16-14(23)3-4-18(21,22)17(16)24/h1-2,5-9,17,24H,3-4H2. The zero-order valence-corrected chi connectivity index (χ0v) is 13.7. The molecule has 0 spiro atoms. The number of fused-ring (bicyclic) bond motifs is 1. The Morgan fingerprint density at radius 1 is 1.16 bits per heavy atom. The molecule has 1 aliphatic carbocycles. The SMILES string of the molecule is OC1c2c(-c3cccs3)cn(-c3cc(F)cc(F)c3)c2CCC1(F)F. The molecule has 1 aliphatic rings. The molecule has 0 fully saturated rings. The average molecular weight is 367 g/mol. The normalized spacial score (nSPS) is 19.0. The summed E-state index contributed by atoms with van der Waals surface area (Å²) in [6.45, 7) is 0. The number of alkyl halides is 2. The van der Waals surface area contributed by atoms with Crippen LogP contribution in [0.4, 0.5) is 17.6 Å². The Morgan fingerprint density at radius 2 is 1.88 bits per heavy atom. The first-order valence-electron chi connectivity index (χ1n) is 7.67. The predicted octanol–water partition coefficient (Wildman–Crippen LogP) is 5.10. The number of aromatic nitrogens is 1. The monoisotopic (exact) mass is 367 g/mol. The van der Waals surface area contributed by atoms with E-state index in [0.29, 0.717) is 16.1 Å². The first-order valence-corrected chi connectivity index (χ1v) is 8.55. The van der Waals surface area contributed by atoms with Crippen molar-refractivity contribution < 1.29 is 22.7 Å². The molecule has 0 radical (unpaired) electrons. The number of benzene rings is 1. The minimum absolute atomic E-state index is 0.00288. The number of rotatable bonds is 2. The molecule has 1 N–H and O–H groups in total. The maximum atomic E-state index is 14.1. The summed E-state index contributed by atoms with van der Waals surface area (Å²) in [5.74, 6) is -4.74. The van der Waals surface area contributed by atoms with E-state index in [-0.39, 0.29) is 17.7 Å². The van der Waals surface area contributed by atoms with Gasteiger partial charge in [-0.2, -0.15) is 0 Å². The lowest BCUT2D eigenvalue weighted by Gasteiger charge is -2.29. The largest absolute Gasteiger partial charge is 0.382 e. The molecular weight excluding hydrogens is 354 g/mol. The van der Waals surface area contributed by atoms with Gasteiger partial charge in [-0.15, -0.1) is 11.3 Å². The highest BCUT2D eigenvalue weighted by Gasteiger charge is 2.46. The quantitative estimate of drug-likeness (QED) is 0.627. The molecule has 2 aromatic heterocycles. The first kappa shape index (κ1) is 16.4. The van der Waals surface area contributed by atoms with Gasteiger partial charge in [-0.25, -0.2) is 17.6 Å². The fourth-order valence-electron chi connectivity index (χ4n) is 3.29. The molecule has 0 saturated carbocycles. The number of aliphatic hydroxyl groups excluding tert-OH is 1. The third-order valence-electron chi connectivity index (χ3n) is 4.43. The summed E-state index contributed by atoms with van der Waals surface area (Å²) in [5.41, 5.74) is 1.24. The number of hydrogen-bond acceptors (Lipinski definition) is 2. The zero-order valence-electron chi connectivity index (χ0n) is 12.8. The van der Waals surface area contributed by atoms with E-state index in [4.69, 9.17) is 0 Å². The van der Waals surface area contributed by atoms with E-state index in [0.717, 1.165) is 18.2 Å². The van der Waals surface area contributed by atoms with E-state index in [2.05, 4.69) is 0 Å². The summed E-state index contributed by atoms with van der Waals surface area (Å²) in [4.78, 5) is 0.712. The van der Waals surface area contributed by atoms with E-state index in [1.165, 1.54) is 15.9 Å². The maximum absolute atomic E-state index is 14.1. The minimum atomic E-state index is -3.24. The Kier molecular flexibility index (Phi) is 3.73. The second-order valence-electron chi connectivity index (χ2n) is 6.04. The van der Waals surface area contributed by atoms with Crippen molar-refractivity contribution >= 4 is 11.3 Å². The van der Waals surface area contributed by atoms with Crippen molar-refractivity contribution in [1.29, 1.82) is 0 Å².